The molecule has 0 spiro atoms. The summed E-state index contributed by atoms with van der Waals surface area (Å²) in [5.74, 6) is -1.45. The highest BCUT2D eigenvalue weighted by Gasteiger charge is 2.39. The summed E-state index contributed by atoms with van der Waals surface area (Å²) in [5.41, 5.74) is 0. The zero-order chi connectivity index (χ0) is 48.0. The van der Waals surface area contributed by atoms with E-state index in [4.69, 9.17) is 18.5 Å². The van der Waals surface area contributed by atoms with Crippen LogP contribution in [0.15, 0.2) is 12.2 Å². The van der Waals surface area contributed by atoms with E-state index in [1.807, 2.05) is 27.2 Å². The van der Waals surface area contributed by atoms with Gasteiger partial charge in [-0.05, 0) is 25.7 Å². The molecule has 0 heterocycles. The molecule has 1 unspecified atom stereocenters. The minimum atomic E-state index is -4.44. The number of esters is 2. The quantitative estimate of drug-likeness (QED) is 0.0175. The summed E-state index contributed by atoms with van der Waals surface area (Å²) >= 11 is 0. The molecule has 0 radical (unpaired) electrons. The molecule has 0 aromatic heterocycles. The molecule has 0 aromatic rings. The average Bonchev–Trinajstić information content (AvgIpc) is 3.52. The Hall–Kier alpha value is -1.66. The van der Waals surface area contributed by atoms with Gasteiger partial charge in [0.05, 0.1) is 40.0 Å². The number of carbonyl (C=O) groups is 3. The first-order valence-corrected chi connectivity index (χ1v) is 28.0. The lowest BCUT2D eigenvalue weighted by Gasteiger charge is -2.24. The zero-order valence-electron chi connectivity index (χ0n) is 42.2. The Morgan fingerprint density at radius 2 is 1.14 bits per heavy atom. The van der Waals surface area contributed by atoms with Crippen molar-refractivity contribution in [3.05, 3.63) is 12.2 Å². The predicted molar refractivity (Wildman–Crippen MR) is 262 cm³/mol. The number of ether oxygens (including phenoxy) is 2. The molecule has 1 saturated carbocycles. The summed E-state index contributed by atoms with van der Waals surface area (Å²) in [6, 6.07) is 0. The highest BCUT2D eigenvalue weighted by Crippen LogP contribution is 2.43. The standard InChI is InChI=1S/C52H98NO11P/c1-6-8-10-11-12-13-14-15-16-17-18-19-20-21-22-23-24-25-26-27-33-37-52(58)64-46(44-63-65(59,60)62-41-40-53(3,4)5)43-61-51(57)36-32-29-28-31-35-47-48(50(56)42-49(47)55)39-38-45(54)34-30-9-7-2/h38-39,45-48,50,54,56H,6-37,40-44H2,1-5H3/p+1/b39-38+/t45-,46+,47+,48+,50+/m0/s1. The third-order valence-electron chi connectivity index (χ3n) is 12.7. The highest BCUT2D eigenvalue weighted by atomic mass is 31.2. The molecule has 382 valence electrons. The first-order valence-electron chi connectivity index (χ1n) is 26.5. The zero-order valence-corrected chi connectivity index (χ0v) is 43.1. The Bertz CT molecular complexity index is 1270. The van der Waals surface area contributed by atoms with Crippen molar-refractivity contribution in [3.8, 4) is 0 Å². The Labute approximate surface area is 396 Å². The van der Waals surface area contributed by atoms with Crippen LogP contribution < -0.4 is 0 Å². The lowest BCUT2D eigenvalue weighted by molar-refractivity contribution is -0.870. The first kappa shape index (κ1) is 61.4. The van der Waals surface area contributed by atoms with Crippen LogP contribution in [0.3, 0.4) is 0 Å². The van der Waals surface area contributed by atoms with Crippen molar-refractivity contribution >= 4 is 25.5 Å². The van der Waals surface area contributed by atoms with Crippen LogP contribution in [0.5, 0.6) is 0 Å². The number of unbranched alkanes of at least 4 members (excludes halogenated alkanes) is 25. The minimum Gasteiger partial charge on any atom is -0.462 e. The normalized spacial score (nSPS) is 18.6. The van der Waals surface area contributed by atoms with Gasteiger partial charge in [-0.15, -0.1) is 0 Å². The van der Waals surface area contributed by atoms with Gasteiger partial charge in [-0.2, -0.15) is 0 Å². The van der Waals surface area contributed by atoms with E-state index in [0.29, 0.717) is 36.7 Å². The smallest absolute Gasteiger partial charge is 0.462 e. The average molecular weight is 945 g/mol. The van der Waals surface area contributed by atoms with Crippen molar-refractivity contribution in [1.82, 2.24) is 0 Å². The van der Waals surface area contributed by atoms with Crippen LogP contribution in [0.4, 0.5) is 0 Å². The second-order valence-electron chi connectivity index (χ2n) is 20.0. The van der Waals surface area contributed by atoms with E-state index in [-0.39, 0.29) is 50.1 Å². The fourth-order valence-corrected chi connectivity index (χ4v) is 9.24. The topological polar surface area (TPSA) is 166 Å². The second kappa shape index (κ2) is 39.2. The van der Waals surface area contributed by atoms with Crippen LogP contribution in [0.25, 0.3) is 0 Å². The van der Waals surface area contributed by atoms with E-state index < -0.39 is 44.7 Å². The summed E-state index contributed by atoms with van der Waals surface area (Å²) < 4.78 is 34.4. The molecule has 1 fully saturated rings. The number of rotatable bonds is 45. The maximum atomic E-state index is 12.8. The molecule has 65 heavy (non-hydrogen) atoms. The van der Waals surface area contributed by atoms with Gasteiger partial charge in [0, 0.05) is 31.1 Å². The number of aliphatic hydroxyl groups is 2. The van der Waals surface area contributed by atoms with Gasteiger partial charge in [0.15, 0.2) is 6.10 Å². The largest absolute Gasteiger partial charge is 0.472 e. The van der Waals surface area contributed by atoms with Gasteiger partial charge in [-0.25, -0.2) is 4.57 Å². The maximum absolute atomic E-state index is 12.8. The van der Waals surface area contributed by atoms with Crippen molar-refractivity contribution in [1.29, 1.82) is 0 Å². The van der Waals surface area contributed by atoms with E-state index in [0.717, 1.165) is 57.8 Å². The highest BCUT2D eigenvalue weighted by molar-refractivity contribution is 7.47. The monoisotopic (exact) mass is 945 g/mol. The number of likely N-dealkylation sites (N-methyl/N-ethyl adjacent to an activating group) is 1. The minimum absolute atomic E-state index is 0.00390. The van der Waals surface area contributed by atoms with Gasteiger partial charge < -0.3 is 29.1 Å². The molecular weight excluding hydrogens is 846 g/mol. The van der Waals surface area contributed by atoms with Gasteiger partial charge in [0.25, 0.3) is 0 Å². The Kier molecular flexibility index (Phi) is 37.0. The van der Waals surface area contributed by atoms with E-state index >= 15 is 0 Å². The molecule has 6 atom stereocenters. The molecule has 1 aliphatic carbocycles. The third kappa shape index (κ3) is 36.1. The molecule has 0 saturated heterocycles. The molecule has 3 N–H and O–H groups in total. The van der Waals surface area contributed by atoms with Gasteiger partial charge in [0.2, 0.25) is 0 Å². The van der Waals surface area contributed by atoms with Crippen LogP contribution in [0.2, 0.25) is 0 Å². The number of carbonyl (C=O) groups excluding carboxylic acids is 3. The van der Waals surface area contributed by atoms with Gasteiger partial charge in [-0.3, -0.25) is 23.4 Å². The Morgan fingerprint density at radius 1 is 0.677 bits per heavy atom. The fraction of sp³-hybridized carbons (Fsp3) is 0.904. The summed E-state index contributed by atoms with van der Waals surface area (Å²) in [4.78, 5) is 48.4. The summed E-state index contributed by atoms with van der Waals surface area (Å²) in [6.45, 7) is 4.10. The van der Waals surface area contributed by atoms with Crippen LogP contribution in [0.1, 0.15) is 226 Å². The van der Waals surface area contributed by atoms with E-state index in [1.54, 1.807) is 6.08 Å². The third-order valence-corrected chi connectivity index (χ3v) is 13.7. The molecule has 13 heteroatoms. The number of quaternary nitrogens is 1. The number of hydrogen-bond donors (Lipinski definition) is 3. The lowest BCUT2D eigenvalue weighted by Crippen LogP contribution is -2.37. The Morgan fingerprint density at radius 3 is 1.65 bits per heavy atom. The molecule has 0 amide bonds. The van der Waals surface area contributed by atoms with Gasteiger partial charge in [0.1, 0.15) is 25.5 Å². The summed E-state index contributed by atoms with van der Waals surface area (Å²) in [6.07, 6.45) is 35.9. The van der Waals surface area contributed by atoms with E-state index in [2.05, 4.69) is 13.8 Å². The molecule has 1 rings (SSSR count). The lowest BCUT2D eigenvalue weighted by atomic mass is 9.88. The van der Waals surface area contributed by atoms with Crippen molar-refractivity contribution in [2.45, 2.75) is 244 Å². The van der Waals surface area contributed by atoms with E-state index in [1.165, 1.54) is 109 Å². The predicted octanol–water partition coefficient (Wildman–Crippen LogP) is 12.3. The first-order chi connectivity index (χ1) is 31.2. The van der Waals surface area contributed by atoms with Crippen molar-refractivity contribution in [2.24, 2.45) is 11.8 Å². The van der Waals surface area contributed by atoms with Crippen molar-refractivity contribution in [2.75, 3.05) is 47.5 Å². The molecule has 0 aromatic carbocycles. The summed E-state index contributed by atoms with van der Waals surface area (Å²) in [5, 5.41) is 20.8. The second-order valence-corrected chi connectivity index (χ2v) is 21.5. The van der Waals surface area contributed by atoms with Gasteiger partial charge >= 0.3 is 19.8 Å². The van der Waals surface area contributed by atoms with Crippen LogP contribution in [0, 0.1) is 11.8 Å². The van der Waals surface area contributed by atoms with Crippen LogP contribution >= 0.6 is 7.82 Å². The van der Waals surface area contributed by atoms with E-state index in [9.17, 15) is 34.1 Å². The number of aliphatic hydroxyl groups excluding tert-OH is 2. The number of phosphoric acid groups is 1. The number of phosphoric ester groups is 1. The maximum Gasteiger partial charge on any atom is 0.472 e. The number of ketones is 1. The molecule has 0 aliphatic heterocycles. The number of Topliss-reactive ketones (excluding diaryl/α,β-unsaturated/α-hetero) is 1. The molecule has 0 bridgehead atoms. The number of nitrogens with zero attached hydrogens (tertiary/aromatic N) is 1. The van der Waals surface area contributed by atoms with Crippen molar-refractivity contribution < 1.29 is 57.1 Å². The Balaban J connectivity index is 2.34. The number of hydrogen-bond acceptors (Lipinski definition) is 10. The summed E-state index contributed by atoms with van der Waals surface area (Å²) in [7, 11) is 1.36. The molecule has 1 aliphatic rings. The molecule has 12 nitrogen and oxygen atoms in total. The fourth-order valence-electron chi connectivity index (χ4n) is 8.50. The van der Waals surface area contributed by atoms with Gasteiger partial charge in [-0.1, -0.05) is 193 Å². The SMILES string of the molecule is CCCCCCCCCCCCCCCCCCCCCCCC(=O)O[C@H](COC(=O)CCCCCC[C@H]1C(=O)C[C@@H](O)[C@@H]1/C=C/[C@@H](O)CCCCC)COP(=O)(O)OCC[N+](C)(C)C. The van der Waals surface area contributed by atoms with Crippen LogP contribution in [-0.2, 0) is 37.5 Å². The van der Waals surface area contributed by atoms with Crippen molar-refractivity contribution in [3.63, 3.8) is 0 Å². The van der Waals surface area contributed by atoms with Crippen LogP contribution in [-0.4, -0.2) is 103 Å². The molecular formula is C52H99NO11P+.